The zero-order valence-corrected chi connectivity index (χ0v) is 24.4. The van der Waals surface area contributed by atoms with E-state index in [4.69, 9.17) is 9.98 Å². The summed E-state index contributed by atoms with van der Waals surface area (Å²) in [6.07, 6.45) is -0.350. The molecule has 1 unspecified atom stereocenters. The Balaban J connectivity index is 1.32. The topological polar surface area (TPSA) is 41.7 Å². The van der Waals surface area contributed by atoms with Gasteiger partial charge in [-0.1, -0.05) is 133 Å². The Bertz CT molecular complexity index is 2450. The standard InChI is InChI=1S/C41H28N4/c1-3-14-28(15-4-1)39-42-40(29-16-5-2-6-17-29)44-41(43-39)33-21-11-12-22-35(33)45-36-24-23-27-13-9-10-20-32(27)38(36)34-25-30-18-7-8-19-31(30)26-37(34)45/h1-26,41H,(H,42,43,44). The lowest BCUT2D eigenvalue weighted by Crippen LogP contribution is -2.34. The molecule has 9 rings (SSSR count). The number of amidine groups is 2. The van der Waals surface area contributed by atoms with E-state index in [9.17, 15) is 0 Å². The average Bonchev–Trinajstić information content (AvgIpc) is 3.44. The number of rotatable bonds is 4. The number of nitrogens with zero attached hydrogens (tertiary/aromatic N) is 3. The van der Waals surface area contributed by atoms with Gasteiger partial charge in [-0.05, 0) is 45.8 Å². The van der Waals surface area contributed by atoms with E-state index in [0.717, 1.165) is 28.2 Å². The van der Waals surface area contributed by atoms with Crippen molar-refractivity contribution in [2.24, 2.45) is 9.98 Å². The van der Waals surface area contributed by atoms with Crippen molar-refractivity contribution in [2.45, 2.75) is 6.17 Å². The summed E-state index contributed by atoms with van der Waals surface area (Å²) in [6.45, 7) is 0. The Hall–Kier alpha value is -6.00. The van der Waals surface area contributed by atoms with Crippen LogP contribution in [0.3, 0.4) is 0 Å². The fourth-order valence-electron chi connectivity index (χ4n) is 6.72. The minimum absolute atomic E-state index is 0.350. The fourth-order valence-corrected chi connectivity index (χ4v) is 6.72. The molecule has 212 valence electrons. The third-order valence-electron chi connectivity index (χ3n) is 8.82. The second-order valence-electron chi connectivity index (χ2n) is 11.5. The van der Waals surface area contributed by atoms with E-state index >= 15 is 0 Å². The molecule has 7 aromatic carbocycles. The van der Waals surface area contributed by atoms with Crippen molar-refractivity contribution in [3.05, 3.63) is 174 Å². The third-order valence-corrected chi connectivity index (χ3v) is 8.82. The predicted octanol–water partition coefficient (Wildman–Crippen LogP) is 9.59. The molecule has 1 atom stereocenters. The monoisotopic (exact) mass is 576 g/mol. The smallest absolute Gasteiger partial charge is 0.159 e. The molecule has 0 amide bonds. The first-order valence-electron chi connectivity index (χ1n) is 15.3. The van der Waals surface area contributed by atoms with Crippen LogP contribution >= 0.6 is 0 Å². The lowest BCUT2D eigenvalue weighted by atomic mass is 10.0. The summed E-state index contributed by atoms with van der Waals surface area (Å²) in [4.78, 5) is 10.2. The van der Waals surface area contributed by atoms with E-state index in [-0.39, 0.29) is 6.17 Å². The van der Waals surface area contributed by atoms with Crippen LogP contribution in [0.25, 0.3) is 49.0 Å². The molecule has 1 aliphatic rings. The van der Waals surface area contributed by atoms with Gasteiger partial charge in [0.1, 0.15) is 12.0 Å². The number of aromatic nitrogens is 1. The van der Waals surface area contributed by atoms with Gasteiger partial charge in [0.25, 0.3) is 0 Å². The van der Waals surface area contributed by atoms with E-state index in [0.29, 0.717) is 5.84 Å². The first-order chi connectivity index (χ1) is 22.3. The van der Waals surface area contributed by atoms with Crippen molar-refractivity contribution < 1.29 is 0 Å². The highest BCUT2D eigenvalue weighted by Crippen LogP contribution is 2.40. The lowest BCUT2D eigenvalue weighted by Gasteiger charge is -2.26. The van der Waals surface area contributed by atoms with Crippen LogP contribution in [0, 0.1) is 0 Å². The van der Waals surface area contributed by atoms with Gasteiger partial charge in [-0.3, -0.25) is 0 Å². The number of para-hydroxylation sites is 1. The normalized spacial score (nSPS) is 14.9. The summed E-state index contributed by atoms with van der Waals surface area (Å²) in [7, 11) is 0. The van der Waals surface area contributed by atoms with Crippen LogP contribution < -0.4 is 5.32 Å². The quantitative estimate of drug-likeness (QED) is 0.223. The van der Waals surface area contributed by atoms with Gasteiger partial charge in [-0.2, -0.15) is 0 Å². The first kappa shape index (κ1) is 25.5. The summed E-state index contributed by atoms with van der Waals surface area (Å²) in [5.41, 5.74) is 6.53. The minimum atomic E-state index is -0.350. The Labute approximate surface area is 260 Å². The molecule has 0 spiro atoms. The highest BCUT2D eigenvalue weighted by atomic mass is 15.2. The Morgan fingerprint density at radius 1 is 0.511 bits per heavy atom. The van der Waals surface area contributed by atoms with Crippen molar-refractivity contribution in [1.82, 2.24) is 9.88 Å². The SMILES string of the molecule is c1ccc(C2=NC(c3ccccc3-n3c4cc5ccccc5cc4c4c5ccccc5ccc43)NC(c3ccccc3)=N2)cc1. The van der Waals surface area contributed by atoms with Crippen LogP contribution in [0.15, 0.2) is 168 Å². The molecule has 0 fully saturated rings. The molecule has 1 aromatic heterocycles. The van der Waals surface area contributed by atoms with Gasteiger partial charge < -0.3 is 9.88 Å². The number of nitrogens with one attached hydrogen (secondary N) is 1. The zero-order valence-electron chi connectivity index (χ0n) is 24.4. The Morgan fingerprint density at radius 2 is 1.16 bits per heavy atom. The molecule has 4 heteroatoms. The Morgan fingerprint density at radius 3 is 1.96 bits per heavy atom. The minimum Gasteiger partial charge on any atom is -0.344 e. The van der Waals surface area contributed by atoms with Crippen molar-refractivity contribution in [2.75, 3.05) is 0 Å². The van der Waals surface area contributed by atoms with Gasteiger partial charge in [-0.15, -0.1) is 0 Å². The summed E-state index contributed by atoms with van der Waals surface area (Å²) < 4.78 is 2.42. The van der Waals surface area contributed by atoms with Crippen molar-refractivity contribution in [1.29, 1.82) is 0 Å². The first-order valence-corrected chi connectivity index (χ1v) is 15.3. The largest absolute Gasteiger partial charge is 0.344 e. The summed E-state index contributed by atoms with van der Waals surface area (Å²) in [5, 5.41) is 11.1. The van der Waals surface area contributed by atoms with E-state index in [1.807, 2.05) is 36.4 Å². The molecule has 0 saturated carbocycles. The molecule has 8 aromatic rings. The van der Waals surface area contributed by atoms with Gasteiger partial charge in [0.15, 0.2) is 5.84 Å². The zero-order chi connectivity index (χ0) is 29.7. The molecule has 0 bridgehead atoms. The fraction of sp³-hybridized carbons (Fsp3) is 0.0244. The van der Waals surface area contributed by atoms with Crippen molar-refractivity contribution >= 4 is 55.0 Å². The molecule has 1 N–H and O–H groups in total. The number of benzene rings is 7. The van der Waals surface area contributed by atoms with E-state index in [1.54, 1.807) is 0 Å². The van der Waals surface area contributed by atoms with E-state index in [2.05, 4.69) is 131 Å². The lowest BCUT2D eigenvalue weighted by molar-refractivity contribution is 0.670. The van der Waals surface area contributed by atoms with Crippen molar-refractivity contribution in [3.8, 4) is 5.69 Å². The maximum absolute atomic E-state index is 5.23. The molecule has 2 heterocycles. The molecule has 1 aliphatic heterocycles. The third kappa shape index (κ3) is 4.22. The molecule has 0 radical (unpaired) electrons. The summed E-state index contributed by atoms with van der Waals surface area (Å²) in [5.74, 6) is 1.52. The van der Waals surface area contributed by atoms with Gasteiger partial charge in [-0.25, -0.2) is 9.98 Å². The molecule has 4 nitrogen and oxygen atoms in total. The summed E-state index contributed by atoms with van der Waals surface area (Å²) in [6, 6.07) is 55.7. The number of hydrogen-bond acceptors (Lipinski definition) is 3. The summed E-state index contributed by atoms with van der Waals surface area (Å²) >= 11 is 0. The molecule has 0 saturated heterocycles. The van der Waals surface area contributed by atoms with Crippen LogP contribution in [0.5, 0.6) is 0 Å². The Kier molecular flexibility index (Phi) is 5.85. The van der Waals surface area contributed by atoms with Crippen LogP contribution in [-0.2, 0) is 0 Å². The van der Waals surface area contributed by atoms with Crippen LogP contribution in [0.4, 0.5) is 0 Å². The van der Waals surface area contributed by atoms with Crippen LogP contribution in [0.2, 0.25) is 0 Å². The van der Waals surface area contributed by atoms with Crippen molar-refractivity contribution in [3.63, 3.8) is 0 Å². The molecule has 45 heavy (non-hydrogen) atoms. The predicted molar refractivity (Wildman–Crippen MR) is 188 cm³/mol. The maximum atomic E-state index is 5.23. The highest BCUT2D eigenvalue weighted by Gasteiger charge is 2.25. The van der Waals surface area contributed by atoms with Gasteiger partial charge in [0.05, 0.1) is 16.7 Å². The van der Waals surface area contributed by atoms with E-state index in [1.165, 1.54) is 43.4 Å². The maximum Gasteiger partial charge on any atom is 0.159 e. The van der Waals surface area contributed by atoms with Gasteiger partial charge in [0.2, 0.25) is 0 Å². The second-order valence-corrected chi connectivity index (χ2v) is 11.5. The second kappa shape index (κ2) is 10.3. The number of hydrogen-bond donors (Lipinski definition) is 1. The molecular formula is C41H28N4. The van der Waals surface area contributed by atoms with Crippen LogP contribution in [-0.4, -0.2) is 16.2 Å². The number of aliphatic imine (C=N–C) groups is 2. The molecule has 0 aliphatic carbocycles. The molecular weight excluding hydrogens is 548 g/mol. The number of fused-ring (bicyclic) bond motifs is 6. The van der Waals surface area contributed by atoms with Gasteiger partial charge in [0, 0.05) is 27.5 Å². The average molecular weight is 577 g/mol. The highest BCUT2D eigenvalue weighted by molar-refractivity contribution is 6.23. The van der Waals surface area contributed by atoms with Crippen LogP contribution in [0.1, 0.15) is 22.9 Å². The van der Waals surface area contributed by atoms with E-state index < -0.39 is 0 Å². The van der Waals surface area contributed by atoms with Gasteiger partial charge >= 0.3 is 0 Å².